The van der Waals surface area contributed by atoms with E-state index in [9.17, 15) is 0 Å². The Labute approximate surface area is 98.0 Å². The van der Waals surface area contributed by atoms with Gasteiger partial charge in [-0.3, -0.25) is 9.97 Å². The molecule has 0 amide bonds. The van der Waals surface area contributed by atoms with Gasteiger partial charge in [0.25, 0.3) is 0 Å². The van der Waals surface area contributed by atoms with Crippen molar-refractivity contribution < 1.29 is 16.8 Å². The first-order chi connectivity index (χ1) is 6.92. The molecule has 2 heterocycles. The quantitative estimate of drug-likeness (QED) is 0.766. The molecule has 2 aromatic rings. The molecule has 0 bridgehead atoms. The van der Waals surface area contributed by atoms with Crippen LogP contribution >= 0.6 is 0 Å². The maximum atomic E-state index is 8.86. The van der Waals surface area contributed by atoms with Crippen molar-refractivity contribution in [3.63, 3.8) is 0 Å². The minimum Gasteiger partial charge on any atom is -0.255 e. The van der Waals surface area contributed by atoms with Crippen molar-refractivity contribution in [2.45, 2.75) is 0 Å². The molecule has 0 saturated heterocycles. The third kappa shape index (κ3) is 2.40. The van der Waals surface area contributed by atoms with E-state index in [1.54, 1.807) is 24.5 Å². The summed E-state index contributed by atoms with van der Waals surface area (Å²) in [6.45, 7) is 0. The largest absolute Gasteiger partial charge is 2.00 e. The predicted octanol–water partition coefficient (Wildman–Crippen LogP) is 2.01. The Morgan fingerprint density at radius 3 is 2.47 bits per heavy atom. The summed E-state index contributed by atoms with van der Waals surface area (Å²) in [6.07, 6.45) is 3.34. The van der Waals surface area contributed by atoms with Crippen LogP contribution in [0.1, 0.15) is 5.56 Å². The molecule has 0 atom stereocenters. The first kappa shape index (κ1) is 11.4. The minimum absolute atomic E-state index is 0. The van der Waals surface area contributed by atoms with Gasteiger partial charge in [-0.1, -0.05) is 6.07 Å². The van der Waals surface area contributed by atoms with Gasteiger partial charge in [-0.05, 0) is 24.3 Å². The second-order valence-corrected chi connectivity index (χ2v) is 2.73. The third-order valence-electron chi connectivity index (χ3n) is 1.84. The average Bonchev–Trinajstić information content (AvgIpc) is 2.30. The molecule has 0 aliphatic carbocycles. The van der Waals surface area contributed by atoms with E-state index >= 15 is 0 Å². The smallest absolute Gasteiger partial charge is 0.255 e. The van der Waals surface area contributed by atoms with Crippen LogP contribution in [0.15, 0.2) is 42.7 Å². The molecular formula is C11H7CoN3+2. The molecule has 0 aliphatic rings. The van der Waals surface area contributed by atoms with Gasteiger partial charge in [0.15, 0.2) is 0 Å². The van der Waals surface area contributed by atoms with Crippen molar-refractivity contribution in [3.05, 3.63) is 48.3 Å². The van der Waals surface area contributed by atoms with E-state index in [4.69, 9.17) is 5.26 Å². The molecule has 3 nitrogen and oxygen atoms in total. The normalized spacial score (nSPS) is 8.73. The Balaban J connectivity index is 0.00000112. The third-order valence-corrected chi connectivity index (χ3v) is 1.84. The maximum Gasteiger partial charge on any atom is 2.00 e. The molecule has 0 spiro atoms. The average molecular weight is 240 g/mol. The van der Waals surface area contributed by atoms with Crippen molar-refractivity contribution in [1.29, 1.82) is 5.26 Å². The molecule has 73 valence electrons. The molecular weight excluding hydrogens is 233 g/mol. The van der Waals surface area contributed by atoms with Gasteiger partial charge in [0.05, 0.1) is 11.3 Å². The van der Waals surface area contributed by atoms with Crippen molar-refractivity contribution in [1.82, 2.24) is 9.97 Å². The van der Waals surface area contributed by atoms with Crippen LogP contribution in [0.2, 0.25) is 0 Å². The first-order valence-electron chi connectivity index (χ1n) is 4.18. The van der Waals surface area contributed by atoms with Crippen molar-refractivity contribution in [3.8, 4) is 17.5 Å². The van der Waals surface area contributed by atoms with Crippen molar-refractivity contribution in [2.75, 3.05) is 0 Å². The van der Waals surface area contributed by atoms with Gasteiger partial charge in [0, 0.05) is 12.4 Å². The summed E-state index contributed by atoms with van der Waals surface area (Å²) in [4.78, 5) is 8.28. The van der Waals surface area contributed by atoms with E-state index in [-0.39, 0.29) is 16.8 Å². The van der Waals surface area contributed by atoms with Gasteiger partial charge in [-0.25, -0.2) is 0 Å². The minimum atomic E-state index is 0. The van der Waals surface area contributed by atoms with Gasteiger partial charge in [0.2, 0.25) is 0 Å². The van der Waals surface area contributed by atoms with E-state index in [1.807, 2.05) is 18.2 Å². The number of rotatable bonds is 1. The Bertz CT molecular complexity index is 477. The monoisotopic (exact) mass is 240 g/mol. The Kier molecular flexibility index (Phi) is 3.98. The van der Waals surface area contributed by atoms with Crippen molar-refractivity contribution in [2.24, 2.45) is 0 Å². The van der Waals surface area contributed by atoms with E-state index in [2.05, 4.69) is 16.0 Å². The van der Waals surface area contributed by atoms with Gasteiger partial charge >= 0.3 is 16.8 Å². The number of pyridine rings is 2. The number of aromatic nitrogens is 2. The van der Waals surface area contributed by atoms with E-state index < -0.39 is 0 Å². The summed E-state index contributed by atoms with van der Waals surface area (Å²) in [5, 5.41) is 8.86. The summed E-state index contributed by atoms with van der Waals surface area (Å²) >= 11 is 0. The Morgan fingerprint density at radius 2 is 1.80 bits per heavy atom. The molecule has 2 aromatic heterocycles. The molecule has 15 heavy (non-hydrogen) atoms. The van der Waals surface area contributed by atoms with Crippen LogP contribution < -0.4 is 0 Å². The zero-order valence-electron chi connectivity index (χ0n) is 7.72. The molecule has 2 rings (SSSR count). The van der Waals surface area contributed by atoms with Crippen LogP contribution in [-0.2, 0) is 16.8 Å². The fourth-order valence-electron chi connectivity index (χ4n) is 1.20. The van der Waals surface area contributed by atoms with E-state index in [0.717, 1.165) is 5.69 Å². The Morgan fingerprint density at radius 1 is 1.00 bits per heavy atom. The fourth-order valence-corrected chi connectivity index (χ4v) is 1.20. The second kappa shape index (κ2) is 5.25. The number of nitriles is 1. The maximum absolute atomic E-state index is 8.86. The summed E-state index contributed by atoms with van der Waals surface area (Å²) in [5.74, 6) is 0. The number of hydrogen-bond acceptors (Lipinski definition) is 3. The number of hydrogen-bond donors (Lipinski definition) is 0. The summed E-state index contributed by atoms with van der Waals surface area (Å²) < 4.78 is 0. The zero-order valence-corrected chi connectivity index (χ0v) is 8.76. The van der Waals surface area contributed by atoms with Gasteiger partial charge in [-0.15, -0.1) is 0 Å². The van der Waals surface area contributed by atoms with Crippen LogP contribution in [-0.4, -0.2) is 9.97 Å². The van der Waals surface area contributed by atoms with Gasteiger partial charge in [-0.2, -0.15) is 5.26 Å². The van der Waals surface area contributed by atoms with Crippen LogP contribution in [0.25, 0.3) is 11.4 Å². The fraction of sp³-hybridized carbons (Fsp3) is 0. The molecule has 4 heteroatoms. The summed E-state index contributed by atoms with van der Waals surface area (Å²) in [6, 6.07) is 11.1. The topological polar surface area (TPSA) is 49.6 Å². The first-order valence-corrected chi connectivity index (χ1v) is 4.18. The SMILES string of the molecule is N#Cc1cccnc1-c1ccccn1.[Co+2]. The molecule has 0 aliphatic heterocycles. The molecule has 0 fully saturated rings. The Hall–Kier alpha value is -1.70. The van der Waals surface area contributed by atoms with Crippen molar-refractivity contribution >= 4 is 0 Å². The predicted molar refractivity (Wildman–Crippen MR) is 52.2 cm³/mol. The summed E-state index contributed by atoms with van der Waals surface area (Å²) in [5.41, 5.74) is 1.91. The van der Waals surface area contributed by atoms with E-state index in [0.29, 0.717) is 11.3 Å². The molecule has 1 radical (unpaired) electrons. The molecule has 0 N–H and O–H groups in total. The second-order valence-electron chi connectivity index (χ2n) is 2.73. The molecule has 0 aromatic carbocycles. The van der Waals surface area contributed by atoms with E-state index in [1.165, 1.54) is 0 Å². The van der Waals surface area contributed by atoms with Crippen LogP contribution in [0.4, 0.5) is 0 Å². The van der Waals surface area contributed by atoms with Crippen LogP contribution in [0.5, 0.6) is 0 Å². The van der Waals surface area contributed by atoms with Crippen LogP contribution in [0.3, 0.4) is 0 Å². The molecule has 0 saturated carbocycles. The van der Waals surface area contributed by atoms with Gasteiger partial charge < -0.3 is 0 Å². The van der Waals surface area contributed by atoms with Gasteiger partial charge in [0.1, 0.15) is 11.8 Å². The molecule has 0 unspecified atom stereocenters. The zero-order chi connectivity index (χ0) is 9.80. The number of nitrogens with zero attached hydrogens (tertiary/aromatic N) is 3. The summed E-state index contributed by atoms with van der Waals surface area (Å²) in [7, 11) is 0. The standard InChI is InChI=1S/C11H7N3.Co/c12-8-9-4-3-7-14-11(9)10-5-1-2-6-13-10;/h1-7H;/q;+2. The van der Waals surface area contributed by atoms with Crippen LogP contribution in [0, 0.1) is 11.3 Å².